The van der Waals surface area contributed by atoms with Crippen molar-refractivity contribution in [2.75, 3.05) is 37.6 Å². The standard InChI is InChI=1S/C28H38N4O3S/c33-28(29-16-15-22-8-3-1-4-9-22)24-10-7-17-31(21-24)27-14-11-23-20-25(12-13-26(23)30-27)36(34,35)32-18-5-2-6-19-32/h8,11-14,20,24H,1-7,9-10,15-19,21H2,(H,29,33). The lowest BCUT2D eigenvalue weighted by Crippen LogP contribution is -2.43. The third kappa shape index (κ3) is 5.75. The largest absolute Gasteiger partial charge is 0.356 e. The van der Waals surface area contributed by atoms with Crippen LogP contribution in [-0.4, -0.2) is 56.3 Å². The molecule has 2 fully saturated rings. The number of carbonyl (C=O) groups is 1. The van der Waals surface area contributed by atoms with E-state index >= 15 is 0 Å². The van der Waals surface area contributed by atoms with Gasteiger partial charge in [-0.2, -0.15) is 4.31 Å². The van der Waals surface area contributed by atoms with Crippen LogP contribution in [-0.2, 0) is 14.8 Å². The van der Waals surface area contributed by atoms with Gasteiger partial charge in [0.05, 0.1) is 16.3 Å². The average Bonchev–Trinajstić information content (AvgIpc) is 2.93. The van der Waals surface area contributed by atoms with Gasteiger partial charge >= 0.3 is 0 Å². The molecule has 0 radical (unpaired) electrons. The van der Waals surface area contributed by atoms with Crippen molar-refractivity contribution in [3.8, 4) is 0 Å². The molecule has 5 rings (SSSR count). The quantitative estimate of drug-likeness (QED) is 0.549. The van der Waals surface area contributed by atoms with E-state index in [9.17, 15) is 13.2 Å². The van der Waals surface area contributed by atoms with Gasteiger partial charge in [0.2, 0.25) is 15.9 Å². The van der Waals surface area contributed by atoms with E-state index in [-0.39, 0.29) is 11.8 Å². The van der Waals surface area contributed by atoms with Gasteiger partial charge in [-0.3, -0.25) is 4.79 Å². The number of carbonyl (C=O) groups excluding carboxylic acids is 1. The number of hydrogen-bond donors (Lipinski definition) is 1. The van der Waals surface area contributed by atoms with E-state index in [0.717, 1.165) is 68.3 Å². The van der Waals surface area contributed by atoms with Crippen molar-refractivity contribution in [3.05, 3.63) is 42.0 Å². The van der Waals surface area contributed by atoms with Gasteiger partial charge in [-0.25, -0.2) is 13.4 Å². The summed E-state index contributed by atoms with van der Waals surface area (Å²) in [4.78, 5) is 20.2. The molecule has 3 heterocycles. The summed E-state index contributed by atoms with van der Waals surface area (Å²) in [5.74, 6) is 0.956. The topological polar surface area (TPSA) is 82.6 Å². The minimum Gasteiger partial charge on any atom is -0.356 e. The summed E-state index contributed by atoms with van der Waals surface area (Å²) >= 11 is 0. The summed E-state index contributed by atoms with van der Waals surface area (Å²) in [6, 6.07) is 9.13. The Morgan fingerprint density at radius 3 is 2.67 bits per heavy atom. The fourth-order valence-electron chi connectivity index (χ4n) is 5.71. The first kappa shape index (κ1) is 25.2. The van der Waals surface area contributed by atoms with Crippen molar-refractivity contribution in [1.82, 2.24) is 14.6 Å². The molecule has 1 aromatic carbocycles. The molecule has 1 atom stereocenters. The fourth-order valence-corrected chi connectivity index (χ4v) is 7.26. The van der Waals surface area contributed by atoms with E-state index < -0.39 is 10.0 Å². The lowest BCUT2D eigenvalue weighted by atomic mass is 9.96. The van der Waals surface area contributed by atoms with Crippen LogP contribution in [0.5, 0.6) is 0 Å². The third-order valence-electron chi connectivity index (χ3n) is 7.85. The minimum atomic E-state index is -3.47. The highest BCUT2D eigenvalue weighted by molar-refractivity contribution is 7.89. The normalized spacial score (nSPS) is 21.8. The second-order valence-corrected chi connectivity index (χ2v) is 12.4. The molecule has 36 heavy (non-hydrogen) atoms. The Morgan fingerprint density at radius 2 is 1.86 bits per heavy atom. The Hall–Kier alpha value is -2.45. The molecule has 7 nitrogen and oxygen atoms in total. The predicted molar refractivity (Wildman–Crippen MR) is 143 cm³/mol. The number of amides is 1. The number of aromatic nitrogens is 1. The van der Waals surface area contributed by atoms with Gasteiger partial charge in [0.15, 0.2) is 0 Å². The molecule has 0 spiro atoms. The highest BCUT2D eigenvalue weighted by atomic mass is 32.2. The van der Waals surface area contributed by atoms with Gasteiger partial charge in [-0.1, -0.05) is 18.1 Å². The van der Waals surface area contributed by atoms with Gasteiger partial charge in [0, 0.05) is 38.1 Å². The number of piperidine rings is 2. The molecule has 8 heteroatoms. The van der Waals surface area contributed by atoms with Crippen molar-refractivity contribution in [3.63, 3.8) is 0 Å². The summed E-state index contributed by atoms with van der Waals surface area (Å²) in [7, 11) is -3.47. The molecule has 1 amide bonds. The zero-order chi connectivity index (χ0) is 25.0. The number of benzene rings is 1. The van der Waals surface area contributed by atoms with E-state index in [0.29, 0.717) is 24.5 Å². The second kappa shape index (κ2) is 11.3. The zero-order valence-electron chi connectivity index (χ0n) is 21.1. The smallest absolute Gasteiger partial charge is 0.243 e. The van der Waals surface area contributed by atoms with E-state index in [1.54, 1.807) is 16.4 Å². The molecule has 194 valence electrons. The second-order valence-electron chi connectivity index (χ2n) is 10.4. The van der Waals surface area contributed by atoms with Gasteiger partial charge in [0.25, 0.3) is 0 Å². The number of rotatable bonds is 7. The van der Waals surface area contributed by atoms with Crippen LogP contribution >= 0.6 is 0 Å². The molecule has 1 unspecified atom stereocenters. The highest BCUT2D eigenvalue weighted by Crippen LogP contribution is 2.27. The molecule has 0 bridgehead atoms. The molecule has 2 saturated heterocycles. The van der Waals surface area contributed by atoms with Gasteiger partial charge in [0.1, 0.15) is 5.82 Å². The maximum absolute atomic E-state index is 13.1. The van der Waals surface area contributed by atoms with Crippen LogP contribution in [0, 0.1) is 5.92 Å². The maximum atomic E-state index is 13.1. The summed E-state index contributed by atoms with van der Waals surface area (Å²) < 4.78 is 27.7. The number of allylic oxidation sites excluding steroid dienone is 1. The van der Waals surface area contributed by atoms with Crippen LogP contribution in [0.1, 0.15) is 64.2 Å². The molecule has 1 aliphatic carbocycles. The number of nitrogens with zero attached hydrogens (tertiary/aromatic N) is 3. The number of fused-ring (bicyclic) bond motifs is 1. The summed E-state index contributed by atoms with van der Waals surface area (Å²) in [5, 5.41) is 3.98. The summed E-state index contributed by atoms with van der Waals surface area (Å²) in [5.41, 5.74) is 2.26. The summed E-state index contributed by atoms with van der Waals surface area (Å²) in [6.07, 6.45) is 13.0. The Bertz CT molecular complexity index is 1220. The molecular weight excluding hydrogens is 472 g/mol. The maximum Gasteiger partial charge on any atom is 0.243 e. The van der Waals surface area contributed by atoms with Crippen molar-refractivity contribution < 1.29 is 13.2 Å². The van der Waals surface area contributed by atoms with Crippen LogP contribution in [0.3, 0.4) is 0 Å². The van der Waals surface area contributed by atoms with Crippen LogP contribution in [0.2, 0.25) is 0 Å². The van der Waals surface area contributed by atoms with Crippen molar-refractivity contribution in [2.24, 2.45) is 5.92 Å². The Morgan fingerprint density at radius 1 is 1.00 bits per heavy atom. The Labute approximate surface area is 215 Å². The molecule has 3 aliphatic rings. The van der Waals surface area contributed by atoms with Crippen LogP contribution in [0.25, 0.3) is 10.9 Å². The predicted octanol–water partition coefficient (Wildman–Crippen LogP) is 4.63. The van der Waals surface area contributed by atoms with Crippen molar-refractivity contribution in [2.45, 2.75) is 69.1 Å². The lowest BCUT2D eigenvalue weighted by Gasteiger charge is -2.33. The van der Waals surface area contributed by atoms with Crippen molar-refractivity contribution in [1.29, 1.82) is 0 Å². The van der Waals surface area contributed by atoms with E-state index in [1.807, 2.05) is 18.2 Å². The first-order valence-corrected chi connectivity index (χ1v) is 15.1. The molecule has 2 aliphatic heterocycles. The number of nitrogens with one attached hydrogen (secondary N) is 1. The minimum absolute atomic E-state index is 0.0337. The van der Waals surface area contributed by atoms with E-state index in [1.165, 1.54) is 31.3 Å². The molecule has 1 aromatic heterocycles. The van der Waals surface area contributed by atoms with Crippen LogP contribution in [0.15, 0.2) is 46.9 Å². The van der Waals surface area contributed by atoms with Crippen molar-refractivity contribution >= 4 is 32.7 Å². The number of pyridine rings is 1. The first-order valence-electron chi connectivity index (χ1n) is 13.6. The zero-order valence-corrected chi connectivity index (χ0v) is 21.9. The monoisotopic (exact) mass is 510 g/mol. The van der Waals surface area contributed by atoms with E-state index in [2.05, 4.69) is 16.3 Å². The molecule has 2 aromatic rings. The number of sulfonamides is 1. The Kier molecular flexibility index (Phi) is 7.91. The van der Waals surface area contributed by atoms with Gasteiger partial charge in [-0.15, -0.1) is 0 Å². The van der Waals surface area contributed by atoms with Gasteiger partial charge < -0.3 is 10.2 Å². The summed E-state index contributed by atoms with van der Waals surface area (Å²) in [6.45, 7) is 3.45. The highest BCUT2D eigenvalue weighted by Gasteiger charge is 2.28. The molecule has 1 N–H and O–H groups in total. The van der Waals surface area contributed by atoms with Crippen LogP contribution < -0.4 is 10.2 Å². The average molecular weight is 511 g/mol. The molecule has 0 saturated carbocycles. The molecular formula is C28H38N4O3S. The third-order valence-corrected chi connectivity index (χ3v) is 9.74. The fraction of sp³-hybridized carbons (Fsp3) is 0.571. The van der Waals surface area contributed by atoms with E-state index in [4.69, 9.17) is 4.98 Å². The number of hydrogen-bond acceptors (Lipinski definition) is 5. The van der Waals surface area contributed by atoms with Gasteiger partial charge in [-0.05, 0) is 88.1 Å². The number of anilines is 1. The first-order chi connectivity index (χ1) is 17.5. The lowest BCUT2D eigenvalue weighted by molar-refractivity contribution is -0.125. The SMILES string of the molecule is O=C(NCCC1=CCCCC1)C1CCCN(c2ccc3cc(S(=O)(=O)N4CCCCC4)ccc3n2)C1. The Balaban J connectivity index is 1.22. The van der Waals surface area contributed by atoms with Crippen LogP contribution in [0.4, 0.5) is 5.82 Å².